The van der Waals surface area contributed by atoms with Crippen molar-refractivity contribution in [2.75, 3.05) is 4.90 Å². The highest BCUT2D eigenvalue weighted by Gasteiger charge is 2.41. The van der Waals surface area contributed by atoms with E-state index < -0.39 is 0 Å². The molecule has 12 aromatic rings. The van der Waals surface area contributed by atoms with Gasteiger partial charge in [-0.3, -0.25) is 0 Å². The molecule has 0 radical (unpaired) electrons. The van der Waals surface area contributed by atoms with Gasteiger partial charge in [0.15, 0.2) is 0 Å². The van der Waals surface area contributed by atoms with Gasteiger partial charge in [-0.1, -0.05) is 206 Å². The minimum Gasteiger partial charge on any atom is -0.311 e. The van der Waals surface area contributed by atoms with Crippen molar-refractivity contribution in [1.82, 2.24) is 9.13 Å². The lowest BCUT2D eigenvalue weighted by molar-refractivity contribution is 1.11. The molecule has 0 bridgehead atoms. The monoisotopic (exact) mass is 877 g/mol. The molecular formula is C65H44BN3. The summed E-state index contributed by atoms with van der Waals surface area (Å²) in [4.78, 5) is 2.52. The topological polar surface area (TPSA) is 13.1 Å². The number of hydrogen-bond donors (Lipinski definition) is 0. The van der Waals surface area contributed by atoms with Crippen molar-refractivity contribution in [3.05, 3.63) is 266 Å². The van der Waals surface area contributed by atoms with Crippen molar-refractivity contribution >= 4 is 62.0 Å². The molecule has 2 aliphatic rings. The highest BCUT2D eigenvalue weighted by Crippen LogP contribution is 2.46. The Morgan fingerprint density at radius 3 is 1.33 bits per heavy atom. The van der Waals surface area contributed by atoms with Crippen molar-refractivity contribution in [1.29, 1.82) is 0 Å². The second-order valence-electron chi connectivity index (χ2n) is 18.4. The number of hydrogen-bond acceptors (Lipinski definition) is 1. The number of rotatable bonds is 7. The maximum Gasteiger partial charge on any atom is 0.247 e. The first-order chi connectivity index (χ1) is 34.3. The number of nitrogens with zero attached hydrogens (tertiary/aromatic N) is 3. The van der Waals surface area contributed by atoms with Gasteiger partial charge in [-0.25, -0.2) is 0 Å². The fraction of sp³-hybridized carbons (Fsp3) is 0.0154. The molecule has 4 heterocycles. The number of para-hydroxylation sites is 3. The molecule has 10 aromatic carbocycles. The summed E-state index contributed by atoms with van der Waals surface area (Å²) in [5.74, 6) is 0. The first kappa shape index (κ1) is 39.3. The summed E-state index contributed by atoms with van der Waals surface area (Å²) in [7, 11) is 0. The van der Waals surface area contributed by atoms with Gasteiger partial charge in [-0.05, 0) is 105 Å². The van der Waals surface area contributed by atoms with E-state index in [1.807, 2.05) is 0 Å². The summed E-state index contributed by atoms with van der Waals surface area (Å²) >= 11 is 0. The SMILES string of the molecule is c1ccc(-c2c(-c3ccccc3)n(-c3ccc4c(c3)Cc3cccc5c3B4c3ccc(-n4c(-c6ccccc6)c(-c6ccccc6)c6ccccc64)cc3N5c3ccccc3)c3ccccc23)cc1. The van der Waals surface area contributed by atoms with Crippen molar-refractivity contribution in [2.45, 2.75) is 6.42 Å². The third kappa shape index (κ3) is 6.15. The van der Waals surface area contributed by atoms with Crippen molar-refractivity contribution in [2.24, 2.45) is 0 Å². The van der Waals surface area contributed by atoms with E-state index in [1.165, 1.54) is 111 Å². The van der Waals surface area contributed by atoms with E-state index in [-0.39, 0.29) is 6.71 Å². The van der Waals surface area contributed by atoms with Gasteiger partial charge in [0.25, 0.3) is 0 Å². The summed E-state index contributed by atoms with van der Waals surface area (Å²) in [6.45, 7) is 0.0442. The molecule has 0 amide bonds. The van der Waals surface area contributed by atoms with Crippen LogP contribution < -0.4 is 21.3 Å². The lowest BCUT2D eigenvalue weighted by Crippen LogP contribution is -2.61. The quantitative estimate of drug-likeness (QED) is 0.145. The number of fused-ring (bicyclic) bond motifs is 6. The molecule has 3 nitrogen and oxygen atoms in total. The zero-order valence-corrected chi connectivity index (χ0v) is 37.9. The molecule has 322 valence electrons. The molecule has 69 heavy (non-hydrogen) atoms. The maximum atomic E-state index is 2.52. The van der Waals surface area contributed by atoms with Crippen molar-refractivity contribution < 1.29 is 0 Å². The van der Waals surface area contributed by atoms with Crippen LogP contribution in [0.1, 0.15) is 11.1 Å². The van der Waals surface area contributed by atoms with Crippen LogP contribution in [0.3, 0.4) is 0 Å². The zero-order valence-electron chi connectivity index (χ0n) is 37.9. The molecule has 0 fully saturated rings. The van der Waals surface area contributed by atoms with Crippen molar-refractivity contribution in [3.63, 3.8) is 0 Å². The lowest BCUT2D eigenvalue weighted by Gasteiger charge is -2.41. The molecule has 0 saturated heterocycles. The minimum atomic E-state index is 0.0442. The molecule has 0 N–H and O–H groups in total. The van der Waals surface area contributed by atoms with Gasteiger partial charge in [0.05, 0.1) is 22.4 Å². The average molecular weight is 878 g/mol. The standard InChI is InChI=1S/C65H44BN3/c1-6-21-44(22-7-1)61-53-32-16-18-34-57(53)68(64(61)46-25-10-3-11-26-46)51-37-39-55-49(42-51)41-48-29-20-36-59-63(48)66(55)56-40-38-52(43-60(56)67(59)50-30-14-5-15-31-50)69-58-35-19-17-33-54(58)62(45-23-8-2-9-24-45)65(69)47-27-12-4-13-28-47/h1-40,42-43H,41H2. The van der Waals surface area contributed by atoms with E-state index in [0.717, 1.165) is 17.8 Å². The molecule has 0 saturated carbocycles. The third-order valence-electron chi connectivity index (χ3n) is 14.6. The summed E-state index contributed by atoms with van der Waals surface area (Å²) in [5, 5.41) is 2.48. The Balaban J connectivity index is 1.000. The summed E-state index contributed by atoms with van der Waals surface area (Å²) in [6, 6.07) is 93.9. The highest BCUT2D eigenvalue weighted by molar-refractivity contribution is 6.98. The number of anilines is 3. The third-order valence-corrected chi connectivity index (χ3v) is 14.6. The predicted octanol–water partition coefficient (Wildman–Crippen LogP) is 14.4. The smallest absolute Gasteiger partial charge is 0.247 e. The molecule has 2 aliphatic heterocycles. The second-order valence-corrected chi connectivity index (χ2v) is 18.4. The Morgan fingerprint density at radius 2 is 0.783 bits per heavy atom. The van der Waals surface area contributed by atoms with Gasteiger partial charge in [0, 0.05) is 50.3 Å². The van der Waals surface area contributed by atoms with Crippen LogP contribution in [0.4, 0.5) is 17.1 Å². The summed E-state index contributed by atoms with van der Waals surface area (Å²) < 4.78 is 5.01. The van der Waals surface area contributed by atoms with Gasteiger partial charge in [-0.2, -0.15) is 0 Å². The van der Waals surface area contributed by atoms with Crippen LogP contribution in [0.25, 0.3) is 77.9 Å². The summed E-state index contributed by atoms with van der Waals surface area (Å²) in [5.41, 5.74) is 24.7. The molecule has 14 rings (SSSR count). The van der Waals surface area contributed by atoms with Crippen LogP contribution in [-0.4, -0.2) is 15.8 Å². The Hall–Kier alpha value is -8.86. The highest BCUT2D eigenvalue weighted by atomic mass is 15.2. The Labute approximate surface area is 402 Å². The fourth-order valence-electron chi connectivity index (χ4n) is 11.8. The van der Waals surface area contributed by atoms with Crippen molar-refractivity contribution in [3.8, 4) is 56.1 Å². The maximum absolute atomic E-state index is 2.52. The van der Waals surface area contributed by atoms with Gasteiger partial charge < -0.3 is 14.0 Å². The van der Waals surface area contributed by atoms with Crippen LogP contribution in [0, 0.1) is 0 Å². The van der Waals surface area contributed by atoms with E-state index in [0.29, 0.717) is 0 Å². The van der Waals surface area contributed by atoms with Crippen LogP contribution in [0.15, 0.2) is 255 Å². The van der Waals surface area contributed by atoms with E-state index in [9.17, 15) is 0 Å². The summed E-state index contributed by atoms with van der Waals surface area (Å²) in [6.07, 6.45) is 0.850. The number of benzene rings is 10. The molecule has 0 spiro atoms. The predicted molar refractivity (Wildman–Crippen MR) is 290 cm³/mol. The van der Waals surface area contributed by atoms with E-state index >= 15 is 0 Å². The van der Waals surface area contributed by atoms with Gasteiger partial charge >= 0.3 is 0 Å². The average Bonchev–Trinajstić information content (AvgIpc) is 3.96. The first-order valence-electron chi connectivity index (χ1n) is 24.0. The second kappa shape index (κ2) is 15.9. The van der Waals surface area contributed by atoms with Crippen LogP contribution in [0.5, 0.6) is 0 Å². The van der Waals surface area contributed by atoms with Crippen LogP contribution >= 0.6 is 0 Å². The Morgan fingerprint density at radius 1 is 0.319 bits per heavy atom. The van der Waals surface area contributed by atoms with Crippen LogP contribution in [-0.2, 0) is 6.42 Å². The van der Waals surface area contributed by atoms with E-state index in [1.54, 1.807) is 0 Å². The lowest BCUT2D eigenvalue weighted by atomic mass is 9.32. The minimum absolute atomic E-state index is 0.0442. The van der Waals surface area contributed by atoms with E-state index in [4.69, 9.17) is 0 Å². The van der Waals surface area contributed by atoms with Gasteiger partial charge in [0.1, 0.15) is 0 Å². The molecule has 4 heteroatoms. The largest absolute Gasteiger partial charge is 0.311 e. The first-order valence-corrected chi connectivity index (χ1v) is 24.0. The Kier molecular flexibility index (Phi) is 9.06. The molecule has 2 aromatic heterocycles. The van der Waals surface area contributed by atoms with Gasteiger partial charge in [0.2, 0.25) is 6.71 Å². The zero-order chi connectivity index (χ0) is 45.4. The fourth-order valence-corrected chi connectivity index (χ4v) is 11.8. The Bertz CT molecular complexity index is 3910. The molecule has 0 aliphatic carbocycles. The van der Waals surface area contributed by atoms with Crippen LogP contribution in [0.2, 0.25) is 0 Å². The van der Waals surface area contributed by atoms with E-state index in [2.05, 4.69) is 269 Å². The molecule has 0 atom stereocenters. The van der Waals surface area contributed by atoms with Gasteiger partial charge in [-0.15, -0.1) is 0 Å². The normalized spacial score (nSPS) is 12.5. The number of aromatic nitrogens is 2. The molecular weight excluding hydrogens is 834 g/mol. The molecule has 0 unspecified atom stereocenters.